The lowest BCUT2D eigenvalue weighted by molar-refractivity contribution is 0.620. The van der Waals surface area contributed by atoms with Gasteiger partial charge in [0, 0.05) is 17.5 Å². The lowest BCUT2D eigenvalue weighted by Crippen LogP contribution is -1.91. The second-order valence-corrected chi connectivity index (χ2v) is 1.97. The van der Waals surface area contributed by atoms with Gasteiger partial charge in [-0.15, -0.1) is 0 Å². The molecule has 0 atom stereocenters. The molecule has 0 aliphatic rings. The topological polar surface area (TPSA) is 36.7 Å². The second-order valence-electron chi connectivity index (χ2n) is 1.97. The maximum atomic E-state index is 12.4. The molecule has 0 unspecified atom stereocenters. The number of hydrogen-bond donors (Lipinski definition) is 1. The SMILES string of the molecule is CC.Cc1ncc(F)cc1C=N. The molecule has 0 saturated carbocycles. The van der Waals surface area contributed by atoms with Crippen LogP contribution in [0.15, 0.2) is 12.3 Å². The Hall–Kier alpha value is -1.25. The summed E-state index contributed by atoms with van der Waals surface area (Å²) < 4.78 is 12.4. The number of rotatable bonds is 1. The minimum atomic E-state index is -0.399. The quantitative estimate of drug-likeness (QED) is 0.643. The van der Waals surface area contributed by atoms with E-state index in [0.29, 0.717) is 11.3 Å². The standard InChI is InChI=1S/C7H7FN2.C2H6/c1-5-6(3-9)2-7(8)4-10-5;1-2/h2-4,9H,1H3;1-2H3. The molecule has 3 heteroatoms. The predicted octanol–water partition coefficient (Wildman–Crippen LogP) is 2.55. The highest BCUT2D eigenvalue weighted by atomic mass is 19.1. The molecule has 1 N–H and O–H groups in total. The van der Waals surface area contributed by atoms with Crippen LogP contribution in [0.25, 0.3) is 0 Å². The van der Waals surface area contributed by atoms with Crippen molar-refractivity contribution < 1.29 is 4.39 Å². The highest BCUT2D eigenvalue weighted by Crippen LogP contribution is 2.02. The molecule has 0 radical (unpaired) electrons. The van der Waals surface area contributed by atoms with E-state index >= 15 is 0 Å². The Kier molecular flexibility index (Phi) is 4.84. The van der Waals surface area contributed by atoms with Crippen molar-refractivity contribution in [3.63, 3.8) is 0 Å². The molecule has 1 heterocycles. The van der Waals surface area contributed by atoms with Crippen molar-refractivity contribution in [1.82, 2.24) is 4.98 Å². The van der Waals surface area contributed by atoms with Gasteiger partial charge in [-0.3, -0.25) is 4.98 Å². The van der Waals surface area contributed by atoms with Crippen LogP contribution in [-0.4, -0.2) is 11.2 Å². The van der Waals surface area contributed by atoms with Crippen LogP contribution in [0.2, 0.25) is 0 Å². The summed E-state index contributed by atoms with van der Waals surface area (Å²) in [5.74, 6) is -0.399. The Morgan fingerprint density at radius 3 is 2.50 bits per heavy atom. The second kappa shape index (κ2) is 5.41. The lowest BCUT2D eigenvalue weighted by atomic mass is 10.2. The Balaban J connectivity index is 0.000000561. The largest absolute Gasteiger partial charge is 0.308 e. The average Bonchev–Trinajstić information content (AvgIpc) is 2.13. The molecule has 0 aromatic carbocycles. The summed E-state index contributed by atoms with van der Waals surface area (Å²) in [4.78, 5) is 3.72. The van der Waals surface area contributed by atoms with Crippen LogP contribution in [0.4, 0.5) is 4.39 Å². The first-order valence-corrected chi connectivity index (χ1v) is 3.86. The molecule has 0 aliphatic heterocycles. The zero-order chi connectivity index (χ0) is 9.56. The van der Waals surface area contributed by atoms with Crippen LogP contribution in [0.1, 0.15) is 25.1 Å². The fourth-order valence-electron chi connectivity index (χ4n) is 0.669. The van der Waals surface area contributed by atoms with E-state index in [1.54, 1.807) is 6.92 Å². The average molecular weight is 168 g/mol. The molecule has 0 fully saturated rings. The summed E-state index contributed by atoms with van der Waals surface area (Å²) in [7, 11) is 0. The highest BCUT2D eigenvalue weighted by Gasteiger charge is 1.96. The fourth-order valence-corrected chi connectivity index (χ4v) is 0.669. The van der Waals surface area contributed by atoms with E-state index in [4.69, 9.17) is 5.41 Å². The highest BCUT2D eigenvalue weighted by molar-refractivity contribution is 5.78. The third kappa shape index (κ3) is 2.78. The summed E-state index contributed by atoms with van der Waals surface area (Å²) in [6, 6.07) is 1.29. The molecule has 0 saturated heterocycles. The van der Waals surface area contributed by atoms with Gasteiger partial charge in [0.1, 0.15) is 5.82 Å². The van der Waals surface area contributed by atoms with Gasteiger partial charge in [0.25, 0.3) is 0 Å². The van der Waals surface area contributed by atoms with Crippen molar-refractivity contribution >= 4 is 6.21 Å². The number of halogens is 1. The van der Waals surface area contributed by atoms with E-state index in [0.717, 1.165) is 12.4 Å². The molecule has 0 bridgehead atoms. The van der Waals surface area contributed by atoms with Crippen molar-refractivity contribution in [1.29, 1.82) is 5.41 Å². The Bertz CT molecular complexity index is 259. The van der Waals surface area contributed by atoms with Crippen molar-refractivity contribution in [2.24, 2.45) is 0 Å². The van der Waals surface area contributed by atoms with Crippen LogP contribution >= 0.6 is 0 Å². The molecular weight excluding hydrogens is 155 g/mol. The fraction of sp³-hybridized carbons (Fsp3) is 0.333. The predicted molar refractivity (Wildman–Crippen MR) is 48.2 cm³/mol. The third-order valence-electron chi connectivity index (χ3n) is 1.25. The molecule has 0 aliphatic carbocycles. The molecule has 2 nitrogen and oxygen atoms in total. The molecule has 1 aromatic rings. The number of hydrogen-bond acceptors (Lipinski definition) is 2. The summed E-state index contributed by atoms with van der Waals surface area (Å²) >= 11 is 0. The van der Waals surface area contributed by atoms with Crippen LogP contribution in [0, 0.1) is 18.2 Å². The summed E-state index contributed by atoms with van der Waals surface area (Å²) in [5.41, 5.74) is 1.21. The number of pyridine rings is 1. The number of nitrogens with one attached hydrogen (secondary N) is 1. The van der Waals surface area contributed by atoms with E-state index in [1.807, 2.05) is 13.8 Å². The molecule has 0 spiro atoms. The monoisotopic (exact) mass is 168 g/mol. The number of aryl methyl sites for hydroxylation is 1. The van der Waals surface area contributed by atoms with Crippen molar-refractivity contribution in [2.75, 3.05) is 0 Å². The van der Waals surface area contributed by atoms with Crippen LogP contribution in [-0.2, 0) is 0 Å². The Morgan fingerprint density at radius 2 is 2.08 bits per heavy atom. The summed E-state index contributed by atoms with van der Waals surface area (Å²) in [5, 5.41) is 6.85. The van der Waals surface area contributed by atoms with E-state index < -0.39 is 5.82 Å². The van der Waals surface area contributed by atoms with Crippen LogP contribution < -0.4 is 0 Å². The van der Waals surface area contributed by atoms with Crippen molar-refractivity contribution in [3.05, 3.63) is 29.3 Å². The first kappa shape index (κ1) is 10.8. The maximum absolute atomic E-state index is 12.4. The zero-order valence-corrected chi connectivity index (χ0v) is 7.56. The van der Waals surface area contributed by atoms with Crippen LogP contribution in [0.3, 0.4) is 0 Å². The smallest absolute Gasteiger partial charge is 0.142 e. The molecule has 66 valence electrons. The van der Waals surface area contributed by atoms with Gasteiger partial charge in [-0.25, -0.2) is 4.39 Å². The van der Waals surface area contributed by atoms with Gasteiger partial charge in [-0.1, -0.05) is 13.8 Å². The molecule has 12 heavy (non-hydrogen) atoms. The summed E-state index contributed by atoms with van der Waals surface area (Å²) in [6.45, 7) is 5.74. The molecule has 1 aromatic heterocycles. The van der Waals surface area contributed by atoms with Crippen LogP contribution in [0.5, 0.6) is 0 Å². The van der Waals surface area contributed by atoms with Gasteiger partial charge in [-0.2, -0.15) is 0 Å². The van der Waals surface area contributed by atoms with Gasteiger partial charge in [0.15, 0.2) is 0 Å². The third-order valence-corrected chi connectivity index (χ3v) is 1.25. The minimum Gasteiger partial charge on any atom is -0.308 e. The van der Waals surface area contributed by atoms with Gasteiger partial charge in [-0.05, 0) is 13.0 Å². The molecule has 0 amide bonds. The van der Waals surface area contributed by atoms with Gasteiger partial charge in [0.2, 0.25) is 0 Å². The van der Waals surface area contributed by atoms with Gasteiger partial charge >= 0.3 is 0 Å². The van der Waals surface area contributed by atoms with E-state index in [1.165, 1.54) is 6.07 Å². The zero-order valence-electron chi connectivity index (χ0n) is 7.56. The first-order valence-electron chi connectivity index (χ1n) is 3.86. The Labute approximate surface area is 72.0 Å². The van der Waals surface area contributed by atoms with Gasteiger partial charge < -0.3 is 5.41 Å². The molecular formula is C9H13FN2. The maximum Gasteiger partial charge on any atom is 0.142 e. The number of aromatic nitrogens is 1. The van der Waals surface area contributed by atoms with E-state index in [2.05, 4.69) is 4.98 Å². The normalized spacial score (nSPS) is 8.33. The lowest BCUT2D eigenvalue weighted by Gasteiger charge is -1.95. The van der Waals surface area contributed by atoms with Crippen molar-refractivity contribution in [3.8, 4) is 0 Å². The first-order chi connectivity index (χ1) is 5.74. The van der Waals surface area contributed by atoms with Crippen molar-refractivity contribution in [2.45, 2.75) is 20.8 Å². The van der Waals surface area contributed by atoms with E-state index in [-0.39, 0.29) is 0 Å². The minimum absolute atomic E-state index is 0.399. The Morgan fingerprint density at radius 1 is 1.50 bits per heavy atom. The van der Waals surface area contributed by atoms with E-state index in [9.17, 15) is 4.39 Å². The van der Waals surface area contributed by atoms with Gasteiger partial charge in [0.05, 0.1) is 6.20 Å². The number of nitrogens with zero attached hydrogens (tertiary/aromatic N) is 1. The molecule has 1 rings (SSSR count). The summed E-state index contributed by atoms with van der Waals surface area (Å²) in [6.07, 6.45) is 2.23.